The van der Waals surface area contributed by atoms with Crippen LogP contribution in [0.5, 0.6) is 0 Å². The SMILES string of the molecule is Cc1cccc(-c2nc(-c3cc(-c4ccccc4)cc(-c4ccccc4)c3)nc(-c3cc(-c4ccccc4)cc(-c4ccccc4)c3)n2)c1. The highest BCUT2D eigenvalue weighted by Crippen LogP contribution is 2.35. The van der Waals surface area contributed by atoms with Gasteiger partial charge in [0.15, 0.2) is 17.5 Å². The highest BCUT2D eigenvalue weighted by molar-refractivity contribution is 5.82. The van der Waals surface area contributed by atoms with Crippen molar-refractivity contribution < 1.29 is 0 Å². The summed E-state index contributed by atoms with van der Waals surface area (Å²) in [5.41, 5.74) is 12.9. The van der Waals surface area contributed by atoms with E-state index < -0.39 is 0 Å². The van der Waals surface area contributed by atoms with E-state index in [0.717, 1.165) is 66.8 Å². The second-order valence-corrected chi connectivity index (χ2v) is 12.2. The molecule has 8 rings (SSSR count). The van der Waals surface area contributed by atoms with Crippen LogP contribution in [-0.4, -0.2) is 15.0 Å². The average molecular weight is 628 g/mol. The molecule has 0 spiro atoms. The van der Waals surface area contributed by atoms with Crippen molar-refractivity contribution in [1.82, 2.24) is 15.0 Å². The Balaban J connectivity index is 1.37. The first kappa shape index (κ1) is 29.9. The number of hydrogen-bond acceptors (Lipinski definition) is 3. The predicted octanol–water partition coefficient (Wildman–Crippen LogP) is 11.8. The molecule has 8 aromatic rings. The van der Waals surface area contributed by atoms with E-state index in [2.05, 4.69) is 165 Å². The lowest BCUT2D eigenvalue weighted by Gasteiger charge is -2.14. The van der Waals surface area contributed by atoms with Gasteiger partial charge in [0.1, 0.15) is 0 Å². The van der Waals surface area contributed by atoms with Crippen molar-refractivity contribution in [3.05, 3.63) is 188 Å². The van der Waals surface area contributed by atoms with E-state index in [-0.39, 0.29) is 0 Å². The molecule has 0 bridgehead atoms. The van der Waals surface area contributed by atoms with Gasteiger partial charge in [0.2, 0.25) is 0 Å². The van der Waals surface area contributed by atoms with Crippen molar-refractivity contribution in [2.45, 2.75) is 6.92 Å². The largest absolute Gasteiger partial charge is 0.208 e. The van der Waals surface area contributed by atoms with Crippen LogP contribution in [0.15, 0.2) is 182 Å². The first-order valence-electron chi connectivity index (χ1n) is 16.5. The third kappa shape index (κ3) is 6.56. The molecular weight excluding hydrogens is 595 g/mol. The van der Waals surface area contributed by atoms with Gasteiger partial charge in [-0.3, -0.25) is 0 Å². The van der Waals surface area contributed by atoms with Crippen LogP contribution >= 0.6 is 0 Å². The van der Waals surface area contributed by atoms with Crippen molar-refractivity contribution >= 4 is 0 Å². The fourth-order valence-corrected chi connectivity index (χ4v) is 6.25. The zero-order valence-corrected chi connectivity index (χ0v) is 27.2. The van der Waals surface area contributed by atoms with E-state index in [1.807, 2.05) is 24.3 Å². The molecule has 0 aliphatic heterocycles. The Hall–Kier alpha value is -6.45. The van der Waals surface area contributed by atoms with Gasteiger partial charge in [-0.25, -0.2) is 15.0 Å². The minimum atomic E-state index is 0.628. The van der Waals surface area contributed by atoms with Gasteiger partial charge in [0.05, 0.1) is 0 Å². The summed E-state index contributed by atoms with van der Waals surface area (Å²) in [6.07, 6.45) is 0. The van der Waals surface area contributed by atoms with Crippen LogP contribution in [0.25, 0.3) is 78.7 Å². The van der Waals surface area contributed by atoms with Crippen molar-refractivity contribution in [3.63, 3.8) is 0 Å². The Morgan fingerprint density at radius 1 is 0.245 bits per heavy atom. The third-order valence-corrected chi connectivity index (χ3v) is 8.72. The van der Waals surface area contributed by atoms with Crippen LogP contribution in [0.4, 0.5) is 0 Å². The normalized spacial score (nSPS) is 11.0. The second kappa shape index (κ2) is 13.3. The first-order valence-corrected chi connectivity index (χ1v) is 16.5. The topological polar surface area (TPSA) is 38.7 Å². The molecule has 0 aliphatic rings. The molecule has 232 valence electrons. The summed E-state index contributed by atoms with van der Waals surface area (Å²) in [5.74, 6) is 1.90. The van der Waals surface area contributed by atoms with E-state index in [9.17, 15) is 0 Å². The van der Waals surface area contributed by atoms with Gasteiger partial charge in [-0.1, -0.05) is 145 Å². The Morgan fingerprint density at radius 2 is 0.531 bits per heavy atom. The van der Waals surface area contributed by atoms with Gasteiger partial charge >= 0.3 is 0 Å². The van der Waals surface area contributed by atoms with Gasteiger partial charge in [0.25, 0.3) is 0 Å². The number of aryl methyl sites for hydroxylation is 1. The van der Waals surface area contributed by atoms with E-state index in [1.54, 1.807) is 0 Å². The summed E-state index contributed by atoms with van der Waals surface area (Å²) in [5, 5.41) is 0. The van der Waals surface area contributed by atoms with E-state index >= 15 is 0 Å². The minimum Gasteiger partial charge on any atom is -0.208 e. The second-order valence-electron chi connectivity index (χ2n) is 12.2. The summed E-state index contributed by atoms with van der Waals surface area (Å²) < 4.78 is 0. The Labute approximate surface area is 287 Å². The average Bonchev–Trinajstić information content (AvgIpc) is 3.19. The molecule has 0 saturated carbocycles. The molecule has 7 aromatic carbocycles. The van der Waals surface area contributed by atoms with Crippen LogP contribution in [0.1, 0.15) is 5.56 Å². The van der Waals surface area contributed by atoms with E-state index in [1.165, 1.54) is 0 Å². The molecule has 0 atom stereocenters. The lowest BCUT2D eigenvalue weighted by atomic mass is 9.95. The summed E-state index contributed by atoms with van der Waals surface area (Å²) in [6.45, 7) is 2.09. The quantitative estimate of drug-likeness (QED) is 0.176. The van der Waals surface area contributed by atoms with Gasteiger partial charge < -0.3 is 0 Å². The molecule has 49 heavy (non-hydrogen) atoms. The van der Waals surface area contributed by atoms with Crippen molar-refractivity contribution in [2.75, 3.05) is 0 Å². The fourth-order valence-electron chi connectivity index (χ4n) is 6.25. The lowest BCUT2D eigenvalue weighted by molar-refractivity contribution is 1.07. The molecule has 0 radical (unpaired) electrons. The molecule has 3 nitrogen and oxygen atoms in total. The zero-order chi connectivity index (χ0) is 33.0. The number of benzene rings is 7. The third-order valence-electron chi connectivity index (χ3n) is 8.72. The molecule has 0 saturated heterocycles. The molecule has 0 aliphatic carbocycles. The molecule has 0 fully saturated rings. The van der Waals surface area contributed by atoms with Gasteiger partial charge in [0, 0.05) is 16.7 Å². The van der Waals surface area contributed by atoms with Crippen molar-refractivity contribution in [2.24, 2.45) is 0 Å². The Morgan fingerprint density at radius 3 is 0.857 bits per heavy atom. The zero-order valence-electron chi connectivity index (χ0n) is 27.2. The smallest absolute Gasteiger partial charge is 0.164 e. The molecule has 1 aromatic heterocycles. The molecule has 0 amide bonds. The first-order chi connectivity index (χ1) is 24.2. The van der Waals surface area contributed by atoms with Crippen LogP contribution in [-0.2, 0) is 0 Å². The fraction of sp³-hybridized carbons (Fsp3) is 0.0217. The van der Waals surface area contributed by atoms with Crippen molar-refractivity contribution in [3.8, 4) is 78.7 Å². The lowest BCUT2D eigenvalue weighted by Crippen LogP contribution is -2.01. The molecule has 3 heteroatoms. The van der Waals surface area contributed by atoms with Crippen LogP contribution in [0, 0.1) is 6.92 Å². The van der Waals surface area contributed by atoms with Gasteiger partial charge in [-0.05, 0) is 93.9 Å². The standard InChI is InChI=1S/C46H33N3/c1-32-15-14-24-37(25-32)44-47-45(42-28-38(33-16-6-2-7-17-33)26-39(29-42)34-18-8-3-9-19-34)49-46(48-44)43-30-40(35-20-10-4-11-21-35)27-41(31-43)36-22-12-5-13-23-36/h2-31H,1H3. The number of nitrogens with zero attached hydrogens (tertiary/aromatic N) is 3. The highest BCUT2D eigenvalue weighted by atomic mass is 15.0. The maximum absolute atomic E-state index is 5.24. The Kier molecular flexibility index (Phi) is 8.15. The van der Waals surface area contributed by atoms with Crippen LogP contribution in [0.3, 0.4) is 0 Å². The maximum atomic E-state index is 5.24. The number of aromatic nitrogens is 3. The monoisotopic (exact) mass is 627 g/mol. The molecule has 0 N–H and O–H groups in total. The Bertz CT molecular complexity index is 2110. The predicted molar refractivity (Wildman–Crippen MR) is 203 cm³/mol. The van der Waals surface area contributed by atoms with E-state index in [0.29, 0.717) is 17.5 Å². The summed E-state index contributed by atoms with van der Waals surface area (Å²) in [7, 11) is 0. The minimum absolute atomic E-state index is 0.628. The van der Waals surface area contributed by atoms with E-state index in [4.69, 9.17) is 15.0 Å². The molecular formula is C46H33N3. The number of hydrogen-bond donors (Lipinski definition) is 0. The highest BCUT2D eigenvalue weighted by Gasteiger charge is 2.17. The summed E-state index contributed by atoms with van der Waals surface area (Å²) >= 11 is 0. The van der Waals surface area contributed by atoms with Crippen LogP contribution in [0.2, 0.25) is 0 Å². The maximum Gasteiger partial charge on any atom is 0.164 e. The van der Waals surface area contributed by atoms with Gasteiger partial charge in [-0.2, -0.15) is 0 Å². The number of rotatable bonds is 7. The summed E-state index contributed by atoms with van der Waals surface area (Å²) in [4.78, 5) is 15.5. The molecule has 1 heterocycles. The van der Waals surface area contributed by atoms with Gasteiger partial charge in [-0.15, -0.1) is 0 Å². The summed E-state index contributed by atoms with van der Waals surface area (Å²) in [6, 6.07) is 63.5. The molecule has 0 unspecified atom stereocenters. The van der Waals surface area contributed by atoms with Crippen LogP contribution < -0.4 is 0 Å². The van der Waals surface area contributed by atoms with Crippen molar-refractivity contribution in [1.29, 1.82) is 0 Å².